The topological polar surface area (TPSA) is 49.8 Å². The van der Waals surface area contributed by atoms with E-state index >= 15 is 0 Å². The summed E-state index contributed by atoms with van der Waals surface area (Å²) >= 11 is 0. The number of hydrogen-bond donors (Lipinski definition) is 2. The minimum atomic E-state index is -0.211. The molecule has 0 atom stereocenters. The molecule has 0 amide bonds. The molecule has 0 saturated carbocycles. The van der Waals surface area contributed by atoms with E-state index in [0.29, 0.717) is 12.5 Å². The predicted octanol–water partition coefficient (Wildman–Crippen LogP) is 4.19. The van der Waals surface area contributed by atoms with Gasteiger partial charge in [0.25, 0.3) is 0 Å². The fourth-order valence-corrected chi connectivity index (χ4v) is 2.53. The largest absolute Gasteiger partial charge is 0.370 e. The Balaban J connectivity index is 1.51. The van der Waals surface area contributed by atoms with Crippen LogP contribution in [-0.4, -0.2) is 16.5 Å². The fourth-order valence-electron chi connectivity index (χ4n) is 2.53. The molecule has 2 N–H and O–H groups in total. The Hall–Kier alpha value is -2.95. The van der Waals surface area contributed by atoms with Crippen LogP contribution >= 0.6 is 0 Å². The van der Waals surface area contributed by atoms with E-state index in [1.165, 1.54) is 23.3 Å². The summed E-state index contributed by atoms with van der Waals surface area (Å²) in [5, 5.41) is 6.51. The zero-order valence-electron chi connectivity index (χ0n) is 14.2. The van der Waals surface area contributed by atoms with Crippen molar-refractivity contribution < 1.29 is 4.39 Å². The average molecular weight is 336 g/mol. The molecule has 0 aliphatic carbocycles. The van der Waals surface area contributed by atoms with Crippen LogP contribution in [0.3, 0.4) is 0 Å². The van der Waals surface area contributed by atoms with Crippen LogP contribution in [0, 0.1) is 12.7 Å². The molecule has 0 aliphatic heterocycles. The van der Waals surface area contributed by atoms with Crippen LogP contribution in [0.4, 0.5) is 16.2 Å². The molecule has 0 aliphatic rings. The summed E-state index contributed by atoms with van der Waals surface area (Å²) in [6, 6.07) is 16.7. The van der Waals surface area contributed by atoms with Gasteiger partial charge in [-0.05, 0) is 42.7 Å². The first-order chi connectivity index (χ1) is 12.2. The van der Waals surface area contributed by atoms with Gasteiger partial charge in [-0.1, -0.05) is 42.0 Å². The normalized spacial score (nSPS) is 10.5. The maximum absolute atomic E-state index is 12.9. The molecule has 25 heavy (non-hydrogen) atoms. The third kappa shape index (κ3) is 5.28. The van der Waals surface area contributed by atoms with Gasteiger partial charge in [0.2, 0.25) is 5.95 Å². The monoisotopic (exact) mass is 336 g/mol. The van der Waals surface area contributed by atoms with Gasteiger partial charge >= 0.3 is 0 Å². The molecule has 3 rings (SSSR count). The Morgan fingerprint density at radius 2 is 1.80 bits per heavy atom. The van der Waals surface area contributed by atoms with Crippen LogP contribution in [0.25, 0.3) is 0 Å². The van der Waals surface area contributed by atoms with Gasteiger partial charge in [-0.3, -0.25) is 0 Å². The minimum Gasteiger partial charge on any atom is -0.370 e. The highest BCUT2D eigenvalue weighted by Crippen LogP contribution is 2.10. The molecule has 0 unspecified atom stereocenters. The summed E-state index contributed by atoms with van der Waals surface area (Å²) in [7, 11) is 0. The number of hydrogen-bond acceptors (Lipinski definition) is 4. The molecule has 128 valence electrons. The molecule has 0 saturated heterocycles. The Morgan fingerprint density at radius 1 is 0.960 bits per heavy atom. The molecule has 0 bridgehead atoms. The average Bonchev–Trinajstić information content (AvgIpc) is 2.62. The summed E-state index contributed by atoms with van der Waals surface area (Å²) in [5.41, 5.74) is 3.51. The number of rotatable bonds is 7. The van der Waals surface area contributed by atoms with Gasteiger partial charge in [-0.25, -0.2) is 9.37 Å². The zero-order valence-corrected chi connectivity index (χ0v) is 14.2. The van der Waals surface area contributed by atoms with Gasteiger partial charge in [-0.2, -0.15) is 4.98 Å². The van der Waals surface area contributed by atoms with E-state index in [1.54, 1.807) is 18.3 Å². The third-order valence-electron chi connectivity index (χ3n) is 3.82. The van der Waals surface area contributed by atoms with Crippen molar-refractivity contribution in [3.8, 4) is 0 Å². The molecule has 0 radical (unpaired) electrons. The Morgan fingerprint density at radius 3 is 2.60 bits per heavy atom. The first-order valence-electron chi connectivity index (χ1n) is 8.30. The van der Waals surface area contributed by atoms with Gasteiger partial charge in [0.1, 0.15) is 11.6 Å². The molecule has 5 heteroatoms. The standard InChI is InChI=1S/C20H21FN4/c1-15-3-2-4-17(13-15)14-24-20-23-12-10-19(25-20)22-11-9-16-5-7-18(21)8-6-16/h2-8,10,12-13H,9,11,14H2,1H3,(H2,22,23,24,25). The van der Waals surface area contributed by atoms with Crippen molar-refractivity contribution in [2.45, 2.75) is 19.9 Å². The summed E-state index contributed by atoms with van der Waals surface area (Å²) < 4.78 is 12.9. The summed E-state index contributed by atoms with van der Waals surface area (Å²) in [4.78, 5) is 8.71. The molecule has 1 heterocycles. The van der Waals surface area contributed by atoms with E-state index in [1.807, 2.05) is 12.1 Å². The number of halogens is 1. The smallest absolute Gasteiger partial charge is 0.224 e. The van der Waals surface area contributed by atoms with Gasteiger partial charge in [0.05, 0.1) is 0 Å². The lowest BCUT2D eigenvalue weighted by Crippen LogP contribution is -2.09. The second-order valence-corrected chi connectivity index (χ2v) is 5.91. The highest BCUT2D eigenvalue weighted by molar-refractivity contribution is 5.40. The maximum atomic E-state index is 12.9. The van der Waals surface area contributed by atoms with Crippen molar-refractivity contribution >= 4 is 11.8 Å². The van der Waals surface area contributed by atoms with E-state index < -0.39 is 0 Å². The van der Waals surface area contributed by atoms with Crippen LogP contribution < -0.4 is 10.6 Å². The zero-order chi connectivity index (χ0) is 17.5. The highest BCUT2D eigenvalue weighted by atomic mass is 19.1. The lowest BCUT2D eigenvalue weighted by atomic mass is 10.1. The number of anilines is 2. The Bertz CT molecular complexity index is 818. The first-order valence-corrected chi connectivity index (χ1v) is 8.30. The molecular formula is C20H21FN4. The van der Waals surface area contributed by atoms with Gasteiger partial charge in [-0.15, -0.1) is 0 Å². The van der Waals surface area contributed by atoms with E-state index in [2.05, 4.69) is 45.7 Å². The SMILES string of the molecule is Cc1cccc(CNc2nccc(NCCc3ccc(F)cc3)n2)c1. The van der Waals surface area contributed by atoms with E-state index in [9.17, 15) is 4.39 Å². The first kappa shape index (κ1) is 16.9. The number of aromatic nitrogens is 2. The Labute approximate surface area is 147 Å². The minimum absolute atomic E-state index is 0.211. The van der Waals surface area contributed by atoms with Crippen LogP contribution in [0.1, 0.15) is 16.7 Å². The van der Waals surface area contributed by atoms with Gasteiger partial charge < -0.3 is 10.6 Å². The third-order valence-corrected chi connectivity index (χ3v) is 3.82. The van der Waals surface area contributed by atoms with Crippen molar-refractivity contribution in [2.24, 2.45) is 0 Å². The number of benzene rings is 2. The van der Waals surface area contributed by atoms with Crippen molar-refractivity contribution in [3.05, 3.63) is 83.3 Å². The van der Waals surface area contributed by atoms with Crippen molar-refractivity contribution in [3.63, 3.8) is 0 Å². The van der Waals surface area contributed by atoms with Crippen LogP contribution in [0.15, 0.2) is 60.8 Å². The molecule has 0 fully saturated rings. The molecule has 0 spiro atoms. The summed E-state index contributed by atoms with van der Waals surface area (Å²) in [6.45, 7) is 3.48. The highest BCUT2D eigenvalue weighted by Gasteiger charge is 2.00. The molecule has 4 nitrogen and oxygen atoms in total. The van der Waals surface area contributed by atoms with Crippen LogP contribution in [0.5, 0.6) is 0 Å². The summed E-state index contributed by atoms with van der Waals surface area (Å²) in [6.07, 6.45) is 2.53. The summed E-state index contributed by atoms with van der Waals surface area (Å²) in [5.74, 6) is 1.15. The molecule has 3 aromatic rings. The van der Waals surface area contributed by atoms with Crippen LogP contribution in [-0.2, 0) is 13.0 Å². The van der Waals surface area contributed by atoms with E-state index in [0.717, 1.165) is 24.3 Å². The van der Waals surface area contributed by atoms with Gasteiger partial charge in [0, 0.05) is 19.3 Å². The lowest BCUT2D eigenvalue weighted by Gasteiger charge is -2.09. The maximum Gasteiger partial charge on any atom is 0.224 e. The van der Waals surface area contributed by atoms with Gasteiger partial charge in [0.15, 0.2) is 0 Å². The fraction of sp³-hybridized carbons (Fsp3) is 0.200. The second kappa shape index (κ2) is 8.24. The number of nitrogens with one attached hydrogen (secondary N) is 2. The second-order valence-electron chi connectivity index (χ2n) is 5.91. The Kier molecular flexibility index (Phi) is 5.57. The lowest BCUT2D eigenvalue weighted by molar-refractivity contribution is 0.627. The van der Waals surface area contributed by atoms with Crippen LogP contribution in [0.2, 0.25) is 0 Å². The predicted molar refractivity (Wildman–Crippen MR) is 99.1 cm³/mol. The number of aryl methyl sites for hydroxylation is 1. The van der Waals surface area contributed by atoms with E-state index in [-0.39, 0.29) is 5.82 Å². The van der Waals surface area contributed by atoms with E-state index in [4.69, 9.17) is 0 Å². The van der Waals surface area contributed by atoms with Crippen molar-refractivity contribution in [1.29, 1.82) is 0 Å². The molecular weight excluding hydrogens is 315 g/mol. The molecule has 1 aromatic heterocycles. The molecule has 2 aromatic carbocycles. The van der Waals surface area contributed by atoms with Crippen molar-refractivity contribution in [2.75, 3.05) is 17.2 Å². The quantitative estimate of drug-likeness (QED) is 0.679. The number of nitrogens with zero attached hydrogens (tertiary/aromatic N) is 2. The van der Waals surface area contributed by atoms with Crippen molar-refractivity contribution in [1.82, 2.24) is 9.97 Å².